The Bertz CT molecular complexity index is 1460. The van der Waals surface area contributed by atoms with Gasteiger partial charge in [-0.25, -0.2) is 9.36 Å². The summed E-state index contributed by atoms with van der Waals surface area (Å²) in [5.74, 6) is -1.81. The molecule has 0 amide bonds. The van der Waals surface area contributed by atoms with E-state index in [4.69, 9.17) is 4.74 Å². The van der Waals surface area contributed by atoms with Gasteiger partial charge in [-0.05, 0) is 24.6 Å². The highest BCUT2D eigenvalue weighted by Crippen LogP contribution is 2.39. The van der Waals surface area contributed by atoms with E-state index >= 15 is 0 Å². The van der Waals surface area contributed by atoms with Crippen molar-refractivity contribution in [2.24, 2.45) is 0 Å². The van der Waals surface area contributed by atoms with E-state index in [1.165, 1.54) is 0 Å². The van der Waals surface area contributed by atoms with E-state index in [9.17, 15) is 50.4 Å². The maximum Gasteiger partial charge on any atom is 0.344 e. The van der Waals surface area contributed by atoms with Gasteiger partial charge in [-0.1, -0.05) is 5.76 Å². The summed E-state index contributed by atoms with van der Waals surface area (Å²) in [6, 6.07) is 4.89. The summed E-state index contributed by atoms with van der Waals surface area (Å²) in [5.41, 5.74) is -5.53. The molecule has 18 heteroatoms. The Hall–Kier alpha value is -5.81. The number of aromatic nitrogens is 3. The number of rotatable bonds is 10. The van der Waals surface area contributed by atoms with Gasteiger partial charge < -0.3 is 9.84 Å². The molecule has 0 spiro atoms. The molecular weight excluding hydrogens is 514 g/mol. The van der Waals surface area contributed by atoms with Crippen molar-refractivity contribution in [3.8, 4) is 0 Å². The Kier molecular flexibility index (Phi) is 7.65. The van der Waals surface area contributed by atoms with Crippen molar-refractivity contribution in [2.75, 3.05) is 6.61 Å². The van der Waals surface area contributed by atoms with E-state index < -0.39 is 66.3 Å². The fourth-order valence-corrected chi connectivity index (χ4v) is 3.33. The van der Waals surface area contributed by atoms with Crippen LogP contribution in [0, 0.1) is 40.5 Å². The number of non-ortho nitro benzene ring substituents is 2. The fourth-order valence-electron chi connectivity index (χ4n) is 3.33. The Morgan fingerprint density at radius 1 is 0.921 bits per heavy atom. The second-order valence-electron chi connectivity index (χ2n) is 7.27. The molecule has 0 saturated carbocycles. The van der Waals surface area contributed by atoms with Crippen LogP contribution < -0.4 is 9.67 Å². The summed E-state index contributed by atoms with van der Waals surface area (Å²) in [6.45, 7) is 1.16. The van der Waals surface area contributed by atoms with Crippen LogP contribution >= 0.6 is 0 Å². The molecule has 196 valence electrons. The van der Waals surface area contributed by atoms with Crippen molar-refractivity contribution >= 4 is 40.2 Å². The summed E-state index contributed by atoms with van der Waals surface area (Å²) in [7, 11) is 0. The molecule has 0 atom stereocenters. The molecule has 0 aliphatic carbocycles. The van der Waals surface area contributed by atoms with E-state index in [1.54, 1.807) is 6.92 Å². The maximum atomic E-state index is 13.6. The average molecular weight is 529 g/mol. The number of nitrogens with zero attached hydrogens (tertiary/aromatic N) is 7. The van der Waals surface area contributed by atoms with Gasteiger partial charge >= 0.3 is 5.97 Å². The van der Waals surface area contributed by atoms with Crippen LogP contribution in [0.2, 0.25) is 0 Å². The molecular formula is C20H15N7O11. The van der Waals surface area contributed by atoms with Gasteiger partial charge in [0, 0.05) is 17.2 Å². The molecule has 3 rings (SSSR count). The van der Waals surface area contributed by atoms with Gasteiger partial charge in [-0.2, -0.15) is 0 Å². The molecule has 0 N–H and O–H groups in total. The second-order valence-corrected chi connectivity index (χ2v) is 7.27. The van der Waals surface area contributed by atoms with Crippen molar-refractivity contribution in [1.29, 1.82) is 0 Å². The van der Waals surface area contributed by atoms with E-state index in [2.05, 4.69) is 5.10 Å². The lowest BCUT2D eigenvalue weighted by Gasteiger charge is -2.18. The van der Waals surface area contributed by atoms with Gasteiger partial charge in [0.1, 0.15) is 5.70 Å². The van der Waals surface area contributed by atoms with Crippen LogP contribution in [0.25, 0.3) is 11.5 Å². The van der Waals surface area contributed by atoms with Gasteiger partial charge in [0.05, 0.1) is 38.4 Å². The van der Waals surface area contributed by atoms with Crippen molar-refractivity contribution in [3.63, 3.8) is 0 Å². The van der Waals surface area contributed by atoms with Crippen LogP contribution in [0.15, 0.2) is 49.1 Å². The average Bonchev–Trinajstić information content (AvgIpc) is 3.31. The van der Waals surface area contributed by atoms with Gasteiger partial charge in [0.2, 0.25) is 12.9 Å². The molecule has 3 aromatic rings. The molecule has 0 unspecified atom stereocenters. The lowest BCUT2D eigenvalue weighted by Crippen LogP contribution is -2.34. The van der Waals surface area contributed by atoms with Gasteiger partial charge in [0.15, 0.2) is 5.56 Å². The number of esters is 1. The van der Waals surface area contributed by atoms with Crippen LogP contribution in [0.4, 0.5) is 22.7 Å². The van der Waals surface area contributed by atoms with Crippen LogP contribution in [0.1, 0.15) is 18.1 Å². The Labute approximate surface area is 210 Å². The zero-order chi connectivity index (χ0) is 28.1. The number of ether oxygens (including phenoxy) is 1. The Balaban J connectivity index is 2.38. The first-order valence-corrected chi connectivity index (χ1v) is 10.3. The highest BCUT2D eigenvalue weighted by Gasteiger charge is 2.36. The predicted molar refractivity (Wildman–Crippen MR) is 121 cm³/mol. The molecule has 1 heterocycles. The molecule has 0 fully saturated rings. The van der Waals surface area contributed by atoms with Crippen molar-refractivity contribution in [1.82, 2.24) is 9.78 Å². The van der Waals surface area contributed by atoms with Crippen molar-refractivity contribution < 1.29 is 38.9 Å². The molecule has 38 heavy (non-hydrogen) atoms. The van der Waals surface area contributed by atoms with E-state index in [1.807, 2.05) is 0 Å². The number of benzene rings is 2. The van der Waals surface area contributed by atoms with E-state index in [0.29, 0.717) is 12.1 Å². The monoisotopic (exact) mass is 529 g/mol. The van der Waals surface area contributed by atoms with Crippen LogP contribution in [-0.2, 0) is 16.1 Å². The summed E-state index contributed by atoms with van der Waals surface area (Å²) in [6.07, 6.45) is 1.94. The normalized spacial score (nSPS) is 11.4. The largest absolute Gasteiger partial charge is 0.870 e. The number of hydrogen-bond acceptors (Lipinski definition) is 12. The molecule has 0 aliphatic heterocycles. The van der Waals surface area contributed by atoms with Crippen LogP contribution in [-0.4, -0.2) is 42.0 Å². The minimum atomic E-state index is -1.14. The minimum Gasteiger partial charge on any atom is -0.870 e. The highest BCUT2D eigenvalue weighted by molar-refractivity contribution is 5.89. The van der Waals surface area contributed by atoms with Gasteiger partial charge in [-0.15, -0.1) is 4.68 Å². The van der Waals surface area contributed by atoms with Gasteiger partial charge in [0.25, 0.3) is 29.1 Å². The van der Waals surface area contributed by atoms with Crippen LogP contribution in [0.3, 0.4) is 0 Å². The molecule has 0 aliphatic rings. The number of carbonyl (C=O) groups is 1. The number of nitro benzene ring substituents is 4. The topological polar surface area (TPSA) is 244 Å². The summed E-state index contributed by atoms with van der Waals surface area (Å²) >= 11 is 0. The van der Waals surface area contributed by atoms with Gasteiger partial charge in [-0.3, -0.25) is 40.5 Å². The molecule has 1 aromatic heterocycles. The first-order chi connectivity index (χ1) is 17.9. The standard InChI is InChI=1S/C20H15N7O11/c1-2-38-17(28)9-23-11-22(10-21-23)19(20(29)12-3-5-13(6-4-12)24(30)31)18-15(26(34)35)7-14(25(32)33)8-16(18)27(36)37/h3-8,10-11H,2,9H2,1H3/b20-19+. The third kappa shape index (κ3) is 5.53. The summed E-state index contributed by atoms with van der Waals surface area (Å²) < 4.78 is 6.63. The molecule has 0 saturated heterocycles. The fraction of sp³-hybridized carbons (Fsp3) is 0.150. The predicted octanol–water partition coefficient (Wildman–Crippen LogP) is 1.10. The molecule has 2 aromatic carbocycles. The Morgan fingerprint density at radius 2 is 1.47 bits per heavy atom. The Morgan fingerprint density at radius 3 is 1.95 bits per heavy atom. The first kappa shape index (κ1) is 26.8. The first-order valence-electron chi connectivity index (χ1n) is 10.3. The van der Waals surface area contributed by atoms with Crippen molar-refractivity contribution in [3.05, 3.63) is 101 Å². The SMILES string of the molecule is CCOC(=O)Cn1c[n+](/C(=C(/[O-])c2ccc([N+](=O)[O-])cc2)c2c([N+](=O)[O-])cc([N+](=O)[O-])cc2[N+](=O)[O-])cn1. The summed E-state index contributed by atoms with van der Waals surface area (Å²) in [5, 5.41) is 63.5. The lowest BCUT2D eigenvalue weighted by atomic mass is 10.0. The molecule has 18 nitrogen and oxygen atoms in total. The number of hydrogen-bond donors (Lipinski definition) is 0. The smallest absolute Gasteiger partial charge is 0.344 e. The van der Waals surface area contributed by atoms with E-state index in [-0.39, 0.29) is 17.9 Å². The molecule has 0 radical (unpaired) electrons. The maximum absolute atomic E-state index is 13.6. The zero-order valence-electron chi connectivity index (χ0n) is 19.2. The van der Waals surface area contributed by atoms with Crippen LogP contribution in [0.5, 0.6) is 0 Å². The van der Waals surface area contributed by atoms with E-state index in [0.717, 1.165) is 46.2 Å². The lowest BCUT2D eigenvalue weighted by molar-refractivity contribution is -0.582. The summed E-state index contributed by atoms with van der Waals surface area (Å²) in [4.78, 5) is 53.7. The van der Waals surface area contributed by atoms with Crippen molar-refractivity contribution in [2.45, 2.75) is 13.5 Å². The number of nitro groups is 4. The third-order valence-electron chi connectivity index (χ3n) is 4.91. The number of carbonyl (C=O) groups excluding carboxylic acids is 1. The zero-order valence-corrected chi connectivity index (χ0v) is 19.2. The second kappa shape index (κ2) is 10.8. The molecule has 0 bridgehead atoms. The highest BCUT2D eigenvalue weighted by atomic mass is 16.6. The minimum absolute atomic E-state index is 0.0529. The quantitative estimate of drug-likeness (QED) is 0.0894. The third-order valence-corrected chi connectivity index (χ3v) is 4.91.